The van der Waals surface area contributed by atoms with Crippen molar-refractivity contribution in [1.29, 1.82) is 0 Å². The molecule has 1 heterocycles. The topological polar surface area (TPSA) is 88.2 Å². The van der Waals surface area contributed by atoms with Crippen molar-refractivity contribution in [1.82, 2.24) is 4.98 Å². The number of rotatable bonds is 5. The number of anilines is 1. The maximum absolute atomic E-state index is 11.2. The SMILES string of the molecule is NCCNc1nc(-c2ccc(Cl)cc2)sc1C(=O)O. The summed E-state index contributed by atoms with van der Waals surface area (Å²) in [4.78, 5) is 15.6. The maximum Gasteiger partial charge on any atom is 0.349 e. The van der Waals surface area contributed by atoms with Crippen LogP contribution >= 0.6 is 22.9 Å². The van der Waals surface area contributed by atoms with Crippen LogP contribution in [0.4, 0.5) is 5.82 Å². The van der Waals surface area contributed by atoms with Gasteiger partial charge < -0.3 is 16.2 Å². The molecule has 19 heavy (non-hydrogen) atoms. The van der Waals surface area contributed by atoms with Crippen molar-refractivity contribution >= 4 is 34.7 Å². The summed E-state index contributed by atoms with van der Waals surface area (Å²) in [6.07, 6.45) is 0. The van der Waals surface area contributed by atoms with E-state index in [2.05, 4.69) is 10.3 Å². The summed E-state index contributed by atoms with van der Waals surface area (Å²) in [6.45, 7) is 0.886. The van der Waals surface area contributed by atoms with Crippen LogP contribution in [0.5, 0.6) is 0 Å². The summed E-state index contributed by atoms with van der Waals surface area (Å²) in [6, 6.07) is 7.09. The minimum absolute atomic E-state index is 0.179. The Morgan fingerprint density at radius 1 is 1.42 bits per heavy atom. The second-order valence-corrected chi connectivity index (χ2v) is 5.16. The van der Waals surface area contributed by atoms with Crippen LogP contribution < -0.4 is 11.1 Å². The fraction of sp³-hybridized carbons (Fsp3) is 0.167. The van der Waals surface area contributed by atoms with Gasteiger partial charge in [-0.3, -0.25) is 0 Å². The number of carboxylic acid groups (broad SMARTS) is 1. The van der Waals surface area contributed by atoms with Gasteiger partial charge in [-0.05, 0) is 12.1 Å². The molecule has 0 saturated heterocycles. The zero-order valence-corrected chi connectivity index (χ0v) is 11.5. The molecule has 0 fully saturated rings. The Labute approximate surface area is 119 Å². The molecule has 1 aromatic carbocycles. The lowest BCUT2D eigenvalue weighted by atomic mass is 10.2. The third kappa shape index (κ3) is 3.23. The van der Waals surface area contributed by atoms with E-state index in [0.717, 1.165) is 16.9 Å². The zero-order valence-electron chi connectivity index (χ0n) is 9.89. The Morgan fingerprint density at radius 2 is 2.11 bits per heavy atom. The smallest absolute Gasteiger partial charge is 0.349 e. The number of nitrogens with two attached hydrogens (primary N) is 1. The number of halogens is 1. The lowest BCUT2D eigenvalue weighted by Gasteiger charge is -2.00. The molecule has 1 aromatic heterocycles. The van der Waals surface area contributed by atoms with Crippen LogP contribution in [0.15, 0.2) is 24.3 Å². The first-order chi connectivity index (χ1) is 9.11. The summed E-state index contributed by atoms with van der Waals surface area (Å²) >= 11 is 6.94. The van der Waals surface area contributed by atoms with Gasteiger partial charge in [0.05, 0.1) is 0 Å². The Morgan fingerprint density at radius 3 is 2.68 bits per heavy atom. The van der Waals surface area contributed by atoms with Crippen LogP contribution in [-0.2, 0) is 0 Å². The summed E-state index contributed by atoms with van der Waals surface area (Å²) in [5.41, 5.74) is 6.22. The monoisotopic (exact) mass is 297 g/mol. The fourth-order valence-corrected chi connectivity index (χ4v) is 2.50. The Kier molecular flexibility index (Phi) is 4.36. The van der Waals surface area contributed by atoms with Gasteiger partial charge >= 0.3 is 5.97 Å². The number of hydrogen-bond donors (Lipinski definition) is 3. The third-order valence-electron chi connectivity index (χ3n) is 2.35. The summed E-state index contributed by atoms with van der Waals surface area (Å²) in [5.74, 6) is -0.648. The standard InChI is InChI=1S/C12H12ClN3O2S/c13-8-3-1-7(2-4-8)11-16-10(15-6-5-14)9(19-11)12(17)18/h1-4,15H,5-6,14H2,(H,17,18). The van der Waals surface area contributed by atoms with Crippen molar-refractivity contribution in [2.45, 2.75) is 0 Å². The zero-order chi connectivity index (χ0) is 13.8. The van der Waals surface area contributed by atoms with Gasteiger partial charge in [0.25, 0.3) is 0 Å². The minimum atomic E-state index is -1.00. The van der Waals surface area contributed by atoms with Crippen LogP contribution in [0.2, 0.25) is 5.02 Å². The molecule has 0 aliphatic carbocycles. The molecule has 0 atom stereocenters. The first kappa shape index (κ1) is 13.8. The molecule has 0 amide bonds. The molecule has 2 rings (SSSR count). The van der Waals surface area contributed by atoms with E-state index in [1.165, 1.54) is 0 Å². The molecule has 7 heteroatoms. The molecule has 4 N–H and O–H groups in total. The van der Waals surface area contributed by atoms with E-state index >= 15 is 0 Å². The molecule has 5 nitrogen and oxygen atoms in total. The van der Waals surface area contributed by atoms with Gasteiger partial charge in [-0.15, -0.1) is 11.3 Å². The maximum atomic E-state index is 11.2. The van der Waals surface area contributed by atoms with Crippen molar-refractivity contribution in [2.75, 3.05) is 18.4 Å². The largest absolute Gasteiger partial charge is 0.477 e. The molecule has 0 aliphatic rings. The van der Waals surface area contributed by atoms with Gasteiger partial charge in [0, 0.05) is 23.7 Å². The number of nitrogens with zero attached hydrogens (tertiary/aromatic N) is 1. The van der Waals surface area contributed by atoms with Crippen molar-refractivity contribution in [3.8, 4) is 10.6 Å². The molecular weight excluding hydrogens is 286 g/mol. The highest BCUT2D eigenvalue weighted by molar-refractivity contribution is 7.17. The van der Waals surface area contributed by atoms with E-state index in [-0.39, 0.29) is 4.88 Å². The Hall–Kier alpha value is -1.63. The second-order valence-electron chi connectivity index (χ2n) is 3.72. The lowest BCUT2D eigenvalue weighted by molar-refractivity contribution is 0.0703. The summed E-state index contributed by atoms with van der Waals surface area (Å²) in [5, 5.41) is 13.3. The number of aromatic carboxylic acids is 1. The van der Waals surface area contributed by atoms with Gasteiger partial charge in [-0.1, -0.05) is 23.7 Å². The van der Waals surface area contributed by atoms with Gasteiger partial charge in [-0.25, -0.2) is 9.78 Å². The van der Waals surface area contributed by atoms with Crippen molar-refractivity contribution < 1.29 is 9.90 Å². The average molecular weight is 298 g/mol. The van der Waals surface area contributed by atoms with Crippen LogP contribution in [0.1, 0.15) is 9.67 Å². The van der Waals surface area contributed by atoms with Crippen LogP contribution in [0.25, 0.3) is 10.6 Å². The molecule has 0 unspecified atom stereocenters. The van der Waals surface area contributed by atoms with E-state index in [9.17, 15) is 4.79 Å². The number of aromatic nitrogens is 1. The predicted octanol–water partition coefficient (Wildman–Crippen LogP) is 2.53. The summed E-state index contributed by atoms with van der Waals surface area (Å²) < 4.78 is 0. The van der Waals surface area contributed by atoms with Gasteiger partial charge in [0.15, 0.2) is 10.7 Å². The molecule has 0 aliphatic heterocycles. The Balaban J connectivity index is 2.36. The molecular formula is C12H12ClN3O2S. The number of carbonyl (C=O) groups is 1. The van der Waals surface area contributed by atoms with E-state index in [0.29, 0.717) is 28.9 Å². The fourth-order valence-electron chi connectivity index (χ4n) is 1.49. The third-order valence-corrected chi connectivity index (χ3v) is 3.69. The van der Waals surface area contributed by atoms with Gasteiger partial charge in [-0.2, -0.15) is 0 Å². The number of thiazole rings is 1. The van der Waals surface area contributed by atoms with E-state index in [1.807, 2.05) is 0 Å². The molecule has 2 aromatic rings. The molecule has 0 saturated carbocycles. The van der Waals surface area contributed by atoms with E-state index in [1.54, 1.807) is 24.3 Å². The normalized spacial score (nSPS) is 10.4. The van der Waals surface area contributed by atoms with Crippen molar-refractivity contribution in [3.63, 3.8) is 0 Å². The first-order valence-corrected chi connectivity index (χ1v) is 6.75. The van der Waals surface area contributed by atoms with E-state index < -0.39 is 5.97 Å². The second kappa shape index (κ2) is 6.01. The first-order valence-electron chi connectivity index (χ1n) is 5.56. The number of carboxylic acids is 1. The van der Waals surface area contributed by atoms with Crippen molar-refractivity contribution in [3.05, 3.63) is 34.2 Å². The molecule has 0 bridgehead atoms. The Bertz CT molecular complexity index is 583. The number of nitrogens with one attached hydrogen (secondary N) is 1. The minimum Gasteiger partial charge on any atom is -0.477 e. The lowest BCUT2D eigenvalue weighted by Crippen LogP contribution is -2.14. The molecule has 0 spiro atoms. The van der Waals surface area contributed by atoms with Crippen molar-refractivity contribution in [2.24, 2.45) is 5.73 Å². The molecule has 100 valence electrons. The van der Waals surface area contributed by atoms with Crippen LogP contribution in [0, 0.1) is 0 Å². The van der Waals surface area contributed by atoms with Crippen LogP contribution in [0.3, 0.4) is 0 Å². The van der Waals surface area contributed by atoms with E-state index in [4.69, 9.17) is 22.4 Å². The van der Waals surface area contributed by atoms with Gasteiger partial charge in [0.1, 0.15) is 5.01 Å². The summed E-state index contributed by atoms with van der Waals surface area (Å²) in [7, 11) is 0. The predicted molar refractivity (Wildman–Crippen MR) is 77.1 cm³/mol. The molecule has 0 radical (unpaired) electrons. The number of benzene rings is 1. The van der Waals surface area contributed by atoms with Crippen LogP contribution in [-0.4, -0.2) is 29.1 Å². The van der Waals surface area contributed by atoms with Gasteiger partial charge in [0.2, 0.25) is 0 Å². The quantitative estimate of drug-likeness (QED) is 0.789. The number of hydrogen-bond acceptors (Lipinski definition) is 5. The highest BCUT2D eigenvalue weighted by Crippen LogP contribution is 2.31. The average Bonchev–Trinajstić information content (AvgIpc) is 2.81. The highest BCUT2D eigenvalue weighted by atomic mass is 35.5. The highest BCUT2D eigenvalue weighted by Gasteiger charge is 2.17.